The minimum Gasteiger partial charge on any atom is -0.0651 e. The molecule has 15 heavy (non-hydrogen) atoms. The summed E-state index contributed by atoms with van der Waals surface area (Å²) in [5, 5.41) is 0. The van der Waals surface area contributed by atoms with Crippen molar-refractivity contribution in [3.63, 3.8) is 0 Å². The van der Waals surface area contributed by atoms with Crippen LogP contribution < -0.4 is 0 Å². The van der Waals surface area contributed by atoms with E-state index in [0.29, 0.717) is 0 Å². The Morgan fingerprint density at radius 3 is 2.13 bits per heavy atom. The second kappa shape index (κ2) is 5.92. The molecule has 0 spiro atoms. The highest BCUT2D eigenvalue weighted by molar-refractivity contribution is 4.91. The van der Waals surface area contributed by atoms with Gasteiger partial charge in [-0.25, -0.2) is 0 Å². The molecule has 0 radical (unpaired) electrons. The van der Waals surface area contributed by atoms with Gasteiger partial charge in [0.1, 0.15) is 0 Å². The molecule has 0 aliphatic heterocycles. The average Bonchev–Trinajstić information content (AvgIpc) is 2.96. The van der Waals surface area contributed by atoms with E-state index in [2.05, 4.69) is 34.6 Å². The largest absolute Gasteiger partial charge is 0.0651 e. The third-order valence-corrected chi connectivity index (χ3v) is 4.50. The van der Waals surface area contributed by atoms with E-state index < -0.39 is 0 Å². The molecule has 0 bridgehead atoms. The summed E-state index contributed by atoms with van der Waals surface area (Å²) in [5.74, 6) is 5.03. The van der Waals surface area contributed by atoms with Crippen molar-refractivity contribution < 1.29 is 0 Å². The smallest absolute Gasteiger partial charge is 0.0352 e. The number of hydrogen-bond acceptors (Lipinski definition) is 0. The van der Waals surface area contributed by atoms with Gasteiger partial charge in [-0.05, 0) is 42.4 Å². The second-order valence-electron chi connectivity index (χ2n) is 6.09. The van der Waals surface area contributed by atoms with E-state index in [9.17, 15) is 0 Å². The van der Waals surface area contributed by atoms with Gasteiger partial charge in [0, 0.05) is 0 Å². The SMILES string of the molecule is CCC(C)C(CCC(C)C)C1CC1CC. The van der Waals surface area contributed by atoms with Crippen LogP contribution in [0.3, 0.4) is 0 Å². The summed E-state index contributed by atoms with van der Waals surface area (Å²) < 4.78 is 0. The molecule has 0 N–H and O–H groups in total. The molecule has 0 heterocycles. The first-order valence-electron chi connectivity index (χ1n) is 7.10. The van der Waals surface area contributed by atoms with Crippen LogP contribution in [0.25, 0.3) is 0 Å². The minimum absolute atomic E-state index is 0.885. The zero-order valence-electron chi connectivity index (χ0n) is 11.4. The second-order valence-corrected chi connectivity index (χ2v) is 6.09. The van der Waals surface area contributed by atoms with Crippen molar-refractivity contribution in [1.82, 2.24) is 0 Å². The molecule has 0 nitrogen and oxygen atoms in total. The molecule has 0 aromatic carbocycles. The Labute approximate surface area is 96.8 Å². The van der Waals surface area contributed by atoms with Crippen LogP contribution in [0.5, 0.6) is 0 Å². The van der Waals surface area contributed by atoms with E-state index in [1.165, 1.54) is 32.1 Å². The average molecular weight is 210 g/mol. The molecular weight excluding hydrogens is 180 g/mol. The fourth-order valence-corrected chi connectivity index (χ4v) is 3.01. The van der Waals surface area contributed by atoms with Crippen LogP contribution in [-0.4, -0.2) is 0 Å². The first kappa shape index (κ1) is 13.1. The van der Waals surface area contributed by atoms with Crippen molar-refractivity contribution in [2.45, 2.75) is 66.7 Å². The Hall–Kier alpha value is 0. The van der Waals surface area contributed by atoms with Gasteiger partial charge < -0.3 is 0 Å². The first-order chi connectivity index (χ1) is 7.10. The lowest BCUT2D eigenvalue weighted by Crippen LogP contribution is -2.15. The van der Waals surface area contributed by atoms with Crippen LogP contribution in [0.4, 0.5) is 0 Å². The summed E-state index contributed by atoms with van der Waals surface area (Å²) in [6.07, 6.45) is 7.23. The standard InChI is InChI=1S/C15H30/c1-6-12(5)14(9-8-11(3)4)15-10-13(15)7-2/h11-15H,6-10H2,1-5H3. The van der Waals surface area contributed by atoms with Crippen LogP contribution in [0.1, 0.15) is 66.7 Å². The van der Waals surface area contributed by atoms with Crippen LogP contribution in [0.2, 0.25) is 0 Å². The molecular formula is C15H30. The third kappa shape index (κ3) is 3.81. The highest BCUT2D eigenvalue weighted by Crippen LogP contribution is 2.51. The summed E-state index contributed by atoms with van der Waals surface area (Å²) in [6, 6.07) is 0. The van der Waals surface area contributed by atoms with Gasteiger partial charge >= 0.3 is 0 Å². The minimum atomic E-state index is 0.885. The van der Waals surface area contributed by atoms with Gasteiger partial charge in [-0.15, -0.1) is 0 Å². The predicted molar refractivity (Wildman–Crippen MR) is 68.9 cm³/mol. The van der Waals surface area contributed by atoms with Crippen molar-refractivity contribution >= 4 is 0 Å². The van der Waals surface area contributed by atoms with E-state index in [0.717, 1.165) is 29.6 Å². The van der Waals surface area contributed by atoms with Gasteiger partial charge in [0.15, 0.2) is 0 Å². The van der Waals surface area contributed by atoms with Crippen molar-refractivity contribution in [2.75, 3.05) is 0 Å². The van der Waals surface area contributed by atoms with Crippen LogP contribution in [0.15, 0.2) is 0 Å². The molecule has 0 saturated heterocycles. The first-order valence-corrected chi connectivity index (χ1v) is 7.10. The van der Waals surface area contributed by atoms with E-state index >= 15 is 0 Å². The van der Waals surface area contributed by atoms with Gasteiger partial charge in [-0.1, -0.05) is 53.9 Å². The highest BCUT2D eigenvalue weighted by Gasteiger charge is 2.42. The Bertz CT molecular complexity index is 171. The molecule has 1 aliphatic rings. The fourth-order valence-electron chi connectivity index (χ4n) is 3.01. The lowest BCUT2D eigenvalue weighted by Gasteiger charge is -2.24. The Balaban J connectivity index is 2.40. The zero-order chi connectivity index (χ0) is 11.4. The molecule has 4 atom stereocenters. The summed E-state index contributed by atoms with van der Waals surface area (Å²) in [6.45, 7) is 11.9. The van der Waals surface area contributed by atoms with Gasteiger partial charge in [-0.2, -0.15) is 0 Å². The predicted octanol–water partition coefficient (Wildman–Crippen LogP) is 5.13. The summed E-state index contributed by atoms with van der Waals surface area (Å²) >= 11 is 0. The van der Waals surface area contributed by atoms with Crippen LogP contribution >= 0.6 is 0 Å². The molecule has 1 fully saturated rings. The van der Waals surface area contributed by atoms with Gasteiger partial charge in [0.2, 0.25) is 0 Å². The molecule has 90 valence electrons. The summed E-state index contributed by atoms with van der Waals surface area (Å²) in [7, 11) is 0. The maximum Gasteiger partial charge on any atom is -0.0352 e. The Morgan fingerprint density at radius 1 is 1.07 bits per heavy atom. The van der Waals surface area contributed by atoms with Crippen LogP contribution in [0, 0.1) is 29.6 Å². The van der Waals surface area contributed by atoms with E-state index in [4.69, 9.17) is 0 Å². The molecule has 1 aliphatic carbocycles. The van der Waals surface area contributed by atoms with E-state index in [1.54, 1.807) is 0 Å². The fraction of sp³-hybridized carbons (Fsp3) is 1.00. The lowest BCUT2D eigenvalue weighted by molar-refractivity contribution is 0.260. The molecule has 0 amide bonds. The van der Waals surface area contributed by atoms with Crippen molar-refractivity contribution in [3.8, 4) is 0 Å². The topological polar surface area (TPSA) is 0 Å². The molecule has 0 aromatic rings. The van der Waals surface area contributed by atoms with E-state index in [1.807, 2.05) is 0 Å². The summed E-state index contributed by atoms with van der Waals surface area (Å²) in [5.41, 5.74) is 0. The lowest BCUT2D eigenvalue weighted by atomic mass is 9.81. The Morgan fingerprint density at radius 2 is 1.73 bits per heavy atom. The molecule has 1 saturated carbocycles. The maximum atomic E-state index is 2.47. The molecule has 4 unspecified atom stereocenters. The van der Waals surface area contributed by atoms with Gasteiger partial charge in [0.25, 0.3) is 0 Å². The quantitative estimate of drug-likeness (QED) is 0.546. The normalized spacial score (nSPS) is 29.2. The van der Waals surface area contributed by atoms with E-state index in [-0.39, 0.29) is 0 Å². The van der Waals surface area contributed by atoms with Crippen molar-refractivity contribution in [3.05, 3.63) is 0 Å². The van der Waals surface area contributed by atoms with Gasteiger partial charge in [-0.3, -0.25) is 0 Å². The number of hydrogen-bond donors (Lipinski definition) is 0. The maximum absolute atomic E-state index is 2.47. The molecule has 1 rings (SSSR count). The van der Waals surface area contributed by atoms with Crippen molar-refractivity contribution in [1.29, 1.82) is 0 Å². The van der Waals surface area contributed by atoms with Crippen LogP contribution in [-0.2, 0) is 0 Å². The molecule has 0 heteroatoms. The zero-order valence-corrected chi connectivity index (χ0v) is 11.4. The highest BCUT2D eigenvalue weighted by atomic mass is 14.5. The third-order valence-electron chi connectivity index (χ3n) is 4.50. The van der Waals surface area contributed by atoms with Gasteiger partial charge in [0.05, 0.1) is 0 Å². The molecule has 0 aromatic heterocycles. The Kier molecular flexibility index (Phi) is 5.15. The number of rotatable bonds is 7. The van der Waals surface area contributed by atoms with Crippen molar-refractivity contribution in [2.24, 2.45) is 29.6 Å². The monoisotopic (exact) mass is 210 g/mol. The summed E-state index contributed by atoms with van der Waals surface area (Å²) in [4.78, 5) is 0.